The highest BCUT2D eigenvalue weighted by Gasteiger charge is 2.33. The van der Waals surface area contributed by atoms with Crippen molar-refractivity contribution in [3.8, 4) is 10.8 Å². The lowest BCUT2D eigenvalue weighted by molar-refractivity contribution is 0.286. The van der Waals surface area contributed by atoms with Crippen LogP contribution in [0.15, 0.2) is 39.6 Å². The fraction of sp³-hybridized carbons (Fsp3) is 0.333. The van der Waals surface area contributed by atoms with Crippen LogP contribution >= 0.6 is 11.3 Å². The molecule has 148 valence electrons. The molecule has 10 heteroatoms. The quantitative estimate of drug-likeness (QED) is 0.633. The highest BCUT2D eigenvalue weighted by molar-refractivity contribution is 7.89. The second kappa shape index (κ2) is 7.34. The molecule has 1 aromatic carbocycles. The van der Waals surface area contributed by atoms with Gasteiger partial charge >= 0.3 is 0 Å². The molecule has 3 heterocycles. The summed E-state index contributed by atoms with van der Waals surface area (Å²) in [7, 11) is -3.95. The number of aryl methyl sites for hydroxylation is 1. The molecule has 1 aliphatic heterocycles. The molecule has 6 nitrogen and oxygen atoms in total. The zero-order valence-corrected chi connectivity index (χ0v) is 16.6. The fourth-order valence-electron chi connectivity index (χ4n) is 3.20. The molecular formula is C18H17F2N3O3S2. The molecule has 1 aliphatic rings. The minimum absolute atomic E-state index is 0.145. The summed E-state index contributed by atoms with van der Waals surface area (Å²) in [5.41, 5.74) is 0. The molecular weight excluding hydrogens is 408 g/mol. The number of thiophene rings is 1. The van der Waals surface area contributed by atoms with Crippen molar-refractivity contribution in [2.45, 2.75) is 30.6 Å². The van der Waals surface area contributed by atoms with Crippen LogP contribution in [0.1, 0.15) is 29.5 Å². The Bertz CT molecular complexity index is 1110. The predicted octanol–water partition coefficient (Wildman–Crippen LogP) is 3.95. The predicted molar refractivity (Wildman–Crippen MR) is 99.4 cm³/mol. The molecule has 0 aliphatic carbocycles. The summed E-state index contributed by atoms with van der Waals surface area (Å²) < 4.78 is 59.3. The second-order valence-corrected chi connectivity index (χ2v) is 9.86. The molecule has 2 aromatic heterocycles. The zero-order chi connectivity index (χ0) is 19.9. The lowest BCUT2D eigenvalue weighted by Crippen LogP contribution is -2.39. The van der Waals surface area contributed by atoms with Gasteiger partial charge in [0.2, 0.25) is 15.9 Å². The van der Waals surface area contributed by atoms with E-state index in [2.05, 4.69) is 10.2 Å². The Morgan fingerprint density at radius 1 is 1.18 bits per heavy atom. The number of benzene rings is 1. The van der Waals surface area contributed by atoms with Crippen molar-refractivity contribution >= 4 is 21.4 Å². The van der Waals surface area contributed by atoms with Crippen LogP contribution in [0.5, 0.6) is 0 Å². The average Bonchev–Trinajstić information content (AvgIpc) is 3.33. The minimum atomic E-state index is -3.95. The summed E-state index contributed by atoms with van der Waals surface area (Å²) in [4.78, 5) is 1.71. The number of hydrogen-bond donors (Lipinski definition) is 0. The lowest BCUT2D eigenvalue weighted by Gasteiger charge is -2.30. The molecule has 1 atom stereocenters. The van der Waals surface area contributed by atoms with Crippen molar-refractivity contribution in [2.75, 3.05) is 13.1 Å². The maximum atomic E-state index is 13.5. The lowest BCUT2D eigenvalue weighted by atomic mass is 10.00. The van der Waals surface area contributed by atoms with E-state index < -0.39 is 21.7 Å². The molecule has 0 amide bonds. The summed E-state index contributed by atoms with van der Waals surface area (Å²) in [6, 6.07) is 6.45. The third kappa shape index (κ3) is 3.59. The fourth-order valence-corrected chi connectivity index (χ4v) is 5.52. The third-order valence-corrected chi connectivity index (χ3v) is 7.50. The Labute approximate surface area is 164 Å². The SMILES string of the molecule is Cc1ccc(-c2nnc(C3CCCN(S(=O)(=O)c4ccc(F)c(F)c4)C3)o2)s1. The summed E-state index contributed by atoms with van der Waals surface area (Å²) in [6.45, 7) is 2.42. The smallest absolute Gasteiger partial charge is 0.257 e. The average molecular weight is 425 g/mol. The van der Waals surface area contributed by atoms with E-state index in [-0.39, 0.29) is 17.4 Å². The van der Waals surface area contributed by atoms with Crippen LogP contribution in [0.4, 0.5) is 8.78 Å². The van der Waals surface area contributed by atoms with E-state index in [1.54, 1.807) is 0 Å². The first kappa shape index (κ1) is 19.2. The van der Waals surface area contributed by atoms with Gasteiger partial charge in [0, 0.05) is 18.0 Å². The van der Waals surface area contributed by atoms with Crippen LogP contribution in [0.3, 0.4) is 0 Å². The van der Waals surface area contributed by atoms with Crippen LogP contribution in [0.25, 0.3) is 10.8 Å². The molecule has 0 bridgehead atoms. The first-order valence-electron chi connectivity index (χ1n) is 8.70. The Morgan fingerprint density at radius 2 is 2.00 bits per heavy atom. The standard InChI is InChI=1S/C18H17F2N3O3S2/c1-11-4-7-16(27-11)18-22-21-17(26-18)12-3-2-8-23(10-12)28(24,25)13-5-6-14(19)15(20)9-13/h4-7,9,12H,2-3,8,10H2,1H3. The van der Waals surface area contributed by atoms with E-state index in [1.165, 1.54) is 15.6 Å². The second-order valence-electron chi connectivity index (χ2n) is 6.63. The van der Waals surface area contributed by atoms with Crippen molar-refractivity contribution < 1.29 is 21.6 Å². The molecule has 1 fully saturated rings. The maximum absolute atomic E-state index is 13.5. The van der Waals surface area contributed by atoms with E-state index in [0.29, 0.717) is 37.2 Å². The highest BCUT2D eigenvalue weighted by Crippen LogP contribution is 2.33. The van der Waals surface area contributed by atoms with Crippen molar-refractivity contribution in [3.05, 3.63) is 52.7 Å². The van der Waals surface area contributed by atoms with Gasteiger partial charge in [-0.1, -0.05) is 0 Å². The number of hydrogen-bond acceptors (Lipinski definition) is 6. The van der Waals surface area contributed by atoms with Crippen LogP contribution < -0.4 is 0 Å². The molecule has 28 heavy (non-hydrogen) atoms. The Balaban J connectivity index is 1.56. The molecule has 1 unspecified atom stereocenters. The number of sulfonamides is 1. The van der Waals surface area contributed by atoms with Gasteiger partial charge in [-0.05, 0) is 50.1 Å². The summed E-state index contributed by atoms with van der Waals surface area (Å²) in [5, 5.41) is 8.18. The van der Waals surface area contributed by atoms with Gasteiger partial charge in [0.05, 0.1) is 15.7 Å². The molecule has 0 saturated carbocycles. The monoisotopic (exact) mass is 425 g/mol. The van der Waals surface area contributed by atoms with Gasteiger partial charge in [-0.3, -0.25) is 0 Å². The van der Waals surface area contributed by atoms with Gasteiger partial charge in [-0.25, -0.2) is 17.2 Å². The van der Waals surface area contributed by atoms with Gasteiger partial charge in [0.25, 0.3) is 5.89 Å². The number of rotatable bonds is 4. The molecule has 4 rings (SSSR count). The maximum Gasteiger partial charge on any atom is 0.257 e. The topological polar surface area (TPSA) is 76.3 Å². The molecule has 0 spiro atoms. The number of aromatic nitrogens is 2. The van der Waals surface area contributed by atoms with Crippen molar-refractivity contribution in [1.82, 2.24) is 14.5 Å². The minimum Gasteiger partial charge on any atom is -0.420 e. The van der Waals surface area contributed by atoms with Crippen LogP contribution in [-0.4, -0.2) is 36.0 Å². The van der Waals surface area contributed by atoms with Crippen molar-refractivity contribution in [3.63, 3.8) is 0 Å². The summed E-state index contributed by atoms with van der Waals surface area (Å²) in [6.07, 6.45) is 1.30. The van der Waals surface area contributed by atoms with E-state index >= 15 is 0 Å². The van der Waals surface area contributed by atoms with E-state index in [1.807, 2.05) is 19.1 Å². The van der Waals surface area contributed by atoms with Gasteiger partial charge in [-0.2, -0.15) is 4.31 Å². The third-order valence-electron chi connectivity index (χ3n) is 4.65. The van der Waals surface area contributed by atoms with E-state index in [0.717, 1.165) is 21.9 Å². The zero-order valence-electron chi connectivity index (χ0n) is 14.9. The summed E-state index contributed by atoms with van der Waals surface area (Å²) >= 11 is 1.54. The van der Waals surface area contributed by atoms with Crippen molar-refractivity contribution in [1.29, 1.82) is 0 Å². The Morgan fingerprint density at radius 3 is 2.71 bits per heavy atom. The molecule has 0 N–H and O–H groups in total. The molecule has 1 saturated heterocycles. The van der Waals surface area contributed by atoms with Crippen LogP contribution in [-0.2, 0) is 10.0 Å². The number of piperidine rings is 1. The first-order valence-corrected chi connectivity index (χ1v) is 11.0. The van der Waals surface area contributed by atoms with Gasteiger partial charge < -0.3 is 4.42 Å². The van der Waals surface area contributed by atoms with Gasteiger partial charge in [0.1, 0.15) is 0 Å². The van der Waals surface area contributed by atoms with Crippen LogP contribution in [0, 0.1) is 18.6 Å². The van der Waals surface area contributed by atoms with E-state index in [4.69, 9.17) is 4.42 Å². The Hall–Kier alpha value is -2.17. The summed E-state index contributed by atoms with van der Waals surface area (Å²) in [5.74, 6) is -1.74. The normalized spacial score (nSPS) is 18.5. The van der Waals surface area contributed by atoms with Crippen molar-refractivity contribution in [2.24, 2.45) is 0 Å². The number of nitrogens with zero attached hydrogens (tertiary/aromatic N) is 3. The largest absolute Gasteiger partial charge is 0.420 e. The van der Waals surface area contributed by atoms with Gasteiger partial charge in [0.15, 0.2) is 11.6 Å². The molecule has 0 radical (unpaired) electrons. The number of halogens is 2. The molecule has 3 aromatic rings. The highest BCUT2D eigenvalue weighted by atomic mass is 32.2. The van der Waals surface area contributed by atoms with Gasteiger partial charge in [-0.15, -0.1) is 21.5 Å². The Kier molecular flexibility index (Phi) is 5.02. The first-order chi connectivity index (χ1) is 13.3. The van der Waals surface area contributed by atoms with E-state index in [9.17, 15) is 17.2 Å². The van der Waals surface area contributed by atoms with Crippen LogP contribution in [0.2, 0.25) is 0 Å².